The van der Waals surface area contributed by atoms with Crippen LogP contribution < -0.4 is 11.1 Å². The van der Waals surface area contributed by atoms with Gasteiger partial charge in [0.05, 0.1) is 12.1 Å². The molecule has 27 heavy (non-hydrogen) atoms. The third-order valence-corrected chi connectivity index (χ3v) is 4.92. The highest BCUT2D eigenvalue weighted by Gasteiger charge is 2.25. The predicted molar refractivity (Wildman–Crippen MR) is 102 cm³/mol. The third-order valence-electron chi connectivity index (χ3n) is 3.90. The van der Waals surface area contributed by atoms with Crippen molar-refractivity contribution in [2.24, 2.45) is 5.73 Å². The Bertz CT molecular complexity index is 941. The van der Waals surface area contributed by atoms with Crippen molar-refractivity contribution in [1.29, 1.82) is 0 Å². The quantitative estimate of drug-likeness (QED) is 0.646. The molecule has 0 fully saturated rings. The number of primary amides is 1. The number of nitrogens with zero attached hydrogens (tertiary/aromatic N) is 4. The highest BCUT2D eigenvalue weighted by molar-refractivity contribution is 7.15. The number of carbonyl (C=O) groups is 1. The monoisotopic (exact) mass is 386 g/mol. The van der Waals surface area contributed by atoms with Gasteiger partial charge in [-0.1, -0.05) is 13.8 Å². The van der Waals surface area contributed by atoms with E-state index >= 15 is 0 Å². The maximum atomic E-state index is 14.0. The summed E-state index contributed by atoms with van der Waals surface area (Å²) in [6, 6.07) is 6.54. The standard InChI is InChI=1S/C18H19FN6OS/c1-18(2,16-12(19)4-3-7-21-16)10-23-15-6-5-13(24-25-15)17-22-9-11(27-17)8-14(20)26/h3-7,9H,8,10H2,1-2H3,(H2,20,26)(H,23,25). The summed E-state index contributed by atoms with van der Waals surface area (Å²) in [4.78, 5) is 20.1. The van der Waals surface area contributed by atoms with Crippen molar-refractivity contribution in [3.05, 3.63) is 53.0 Å². The summed E-state index contributed by atoms with van der Waals surface area (Å²) >= 11 is 1.35. The number of anilines is 1. The normalized spacial score (nSPS) is 11.4. The minimum absolute atomic E-state index is 0.157. The third kappa shape index (κ3) is 4.62. The van der Waals surface area contributed by atoms with E-state index in [1.54, 1.807) is 30.6 Å². The first kappa shape index (κ1) is 18.8. The molecule has 0 aromatic carbocycles. The summed E-state index contributed by atoms with van der Waals surface area (Å²) in [7, 11) is 0. The molecule has 1 amide bonds. The Balaban J connectivity index is 1.66. The lowest BCUT2D eigenvalue weighted by Gasteiger charge is -2.24. The lowest BCUT2D eigenvalue weighted by molar-refractivity contribution is -0.117. The zero-order valence-corrected chi connectivity index (χ0v) is 15.8. The molecule has 0 aliphatic carbocycles. The number of carbonyl (C=O) groups excluding carboxylic acids is 1. The van der Waals surface area contributed by atoms with Gasteiger partial charge in [-0.15, -0.1) is 21.5 Å². The fraction of sp³-hybridized carbons (Fsp3) is 0.278. The van der Waals surface area contributed by atoms with E-state index < -0.39 is 11.3 Å². The number of hydrogen-bond donors (Lipinski definition) is 2. The second-order valence-corrected chi connectivity index (χ2v) is 7.77. The average Bonchev–Trinajstić information content (AvgIpc) is 3.08. The molecule has 0 saturated carbocycles. The molecule has 0 radical (unpaired) electrons. The molecular formula is C18H19FN6OS. The molecule has 7 nitrogen and oxygen atoms in total. The molecule has 0 atom stereocenters. The average molecular weight is 386 g/mol. The fourth-order valence-corrected chi connectivity index (χ4v) is 3.39. The molecule has 3 aromatic rings. The summed E-state index contributed by atoms with van der Waals surface area (Å²) in [5.41, 5.74) is 5.67. The van der Waals surface area contributed by atoms with Crippen LogP contribution in [0.3, 0.4) is 0 Å². The summed E-state index contributed by atoms with van der Waals surface area (Å²) in [5.74, 6) is -0.166. The summed E-state index contributed by atoms with van der Waals surface area (Å²) in [6.45, 7) is 4.25. The summed E-state index contributed by atoms with van der Waals surface area (Å²) in [5, 5.41) is 12.1. The molecule has 0 spiro atoms. The molecular weight excluding hydrogens is 367 g/mol. The van der Waals surface area contributed by atoms with Crippen molar-refractivity contribution in [2.45, 2.75) is 25.7 Å². The molecule has 0 unspecified atom stereocenters. The van der Waals surface area contributed by atoms with Crippen LogP contribution in [0.2, 0.25) is 0 Å². The molecule has 3 aromatic heterocycles. The van der Waals surface area contributed by atoms with Gasteiger partial charge in [0, 0.05) is 29.2 Å². The molecule has 0 aliphatic rings. The second-order valence-electron chi connectivity index (χ2n) is 6.65. The number of pyridine rings is 1. The molecule has 140 valence electrons. The van der Waals surface area contributed by atoms with Crippen LogP contribution in [-0.4, -0.2) is 32.6 Å². The molecule has 9 heteroatoms. The van der Waals surface area contributed by atoms with Crippen LogP contribution in [0.25, 0.3) is 10.7 Å². The van der Waals surface area contributed by atoms with E-state index in [0.717, 1.165) is 4.88 Å². The van der Waals surface area contributed by atoms with Crippen LogP contribution >= 0.6 is 11.3 Å². The van der Waals surface area contributed by atoms with E-state index in [1.807, 2.05) is 13.8 Å². The van der Waals surface area contributed by atoms with E-state index in [2.05, 4.69) is 25.5 Å². The van der Waals surface area contributed by atoms with Crippen LogP contribution in [0, 0.1) is 5.82 Å². The Morgan fingerprint density at radius 3 is 2.74 bits per heavy atom. The van der Waals surface area contributed by atoms with Crippen LogP contribution in [-0.2, 0) is 16.6 Å². The fourth-order valence-electron chi connectivity index (χ4n) is 2.50. The van der Waals surface area contributed by atoms with Gasteiger partial charge < -0.3 is 11.1 Å². The second kappa shape index (κ2) is 7.75. The Hall–Kier alpha value is -2.94. The zero-order valence-electron chi connectivity index (χ0n) is 14.9. The van der Waals surface area contributed by atoms with Crippen LogP contribution in [0.4, 0.5) is 10.2 Å². The van der Waals surface area contributed by atoms with Gasteiger partial charge in [0.1, 0.15) is 22.3 Å². The van der Waals surface area contributed by atoms with Gasteiger partial charge in [0.15, 0.2) is 0 Å². The first-order chi connectivity index (χ1) is 12.8. The smallest absolute Gasteiger partial charge is 0.222 e. The Labute approximate surface area is 159 Å². The molecule has 0 bridgehead atoms. The number of hydrogen-bond acceptors (Lipinski definition) is 7. The summed E-state index contributed by atoms with van der Waals surface area (Å²) in [6.07, 6.45) is 3.35. The first-order valence-electron chi connectivity index (χ1n) is 8.27. The van der Waals surface area contributed by atoms with Gasteiger partial charge in [-0.05, 0) is 24.3 Å². The number of nitrogens with one attached hydrogen (secondary N) is 1. The van der Waals surface area contributed by atoms with Crippen molar-refractivity contribution in [1.82, 2.24) is 20.2 Å². The van der Waals surface area contributed by atoms with Crippen molar-refractivity contribution >= 4 is 23.1 Å². The number of aromatic nitrogens is 4. The molecule has 3 N–H and O–H groups in total. The highest BCUT2D eigenvalue weighted by Crippen LogP contribution is 2.25. The van der Waals surface area contributed by atoms with Crippen LogP contribution in [0.1, 0.15) is 24.4 Å². The van der Waals surface area contributed by atoms with E-state index in [4.69, 9.17) is 5.73 Å². The van der Waals surface area contributed by atoms with Crippen molar-refractivity contribution in [3.63, 3.8) is 0 Å². The minimum Gasteiger partial charge on any atom is -0.369 e. The Morgan fingerprint density at radius 1 is 1.26 bits per heavy atom. The van der Waals surface area contributed by atoms with E-state index in [-0.39, 0.29) is 12.2 Å². The lowest BCUT2D eigenvalue weighted by atomic mass is 9.88. The van der Waals surface area contributed by atoms with Crippen LogP contribution in [0.15, 0.2) is 36.7 Å². The molecule has 0 saturated heterocycles. The van der Waals surface area contributed by atoms with Gasteiger partial charge in [-0.2, -0.15) is 0 Å². The zero-order chi connectivity index (χ0) is 19.4. The topological polar surface area (TPSA) is 107 Å². The van der Waals surface area contributed by atoms with Gasteiger partial charge in [0.25, 0.3) is 0 Å². The van der Waals surface area contributed by atoms with Gasteiger partial charge in [0.2, 0.25) is 5.91 Å². The SMILES string of the molecule is CC(C)(CNc1ccc(-c2ncc(CC(N)=O)s2)nn1)c1ncccc1F. The van der Waals surface area contributed by atoms with E-state index in [1.165, 1.54) is 17.4 Å². The van der Waals surface area contributed by atoms with E-state index in [0.29, 0.717) is 28.8 Å². The minimum atomic E-state index is -0.523. The Kier molecular flexibility index (Phi) is 5.41. The van der Waals surface area contributed by atoms with E-state index in [9.17, 15) is 9.18 Å². The lowest BCUT2D eigenvalue weighted by Crippen LogP contribution is -2.30. The van der Waals surface area contributed by atoms with Crippen LogP contribution in [0.5, 0.6) is 0 Å². The maximum absolute atomic E-state index is 14.0. The number of thiazole rings is 1. The Morgan fingerprint density at radius 2 is 2.07 bits per heavy atom. The van der Waals surface area contributed by atoms with Crippen molar-refractivity contribution in [2.75, 3.05) is 11.9 Å². The van der Waals surface area contributed by atoms with Gasteiger partial charge >= 0.3 is 0 Å². The first-order valence-corrected chi connectivity index (χ1v) is 9.09. The number of halogens is 1. The van der Waals surface area contributed by atoms with Gasteiger partial charge in [-0.3, -0.25) is 9.78 Å². The maximum Gasteiger partial charge on any atom is 0.222 e. The number of amides is 1. The molecule has 3 heterocycles. The largest absolute Gasteiger partial charge is 0.369 e. The number of nitrogens with two attached hydrogens (primary N) is 1. The van der Waals surface area contributed by atoms with Gasteiger partial charge in [-0.25, -0.2) is 9.37 Å². The van der Waals surface area contributed by atoms with Crippen molar-refractivity contribution < 1.29 is 9.18 Å². The highest BCUT2D eigenvalue weighted by atomic mass is 32.1. The number of rotatable bonds is 7. The molecule has 0 aliphatic heterocycles. The molecule has 3 rings (SSSR count). The summed E-state index contributed by atoms with van der Waals surface area (Å²) < 4.78 is 14.0. The van der Waals surface area contributed by atoms with Crippen molar-refractivity contribution in [3.8, 4) is 10.7 Å². The predicted octanol–water partition coefficient (Wildman–Crippen LogP) is 2.55.